The Hall–Kier alpha value is -5.22. The van der Waals surface area contributed by atoms with Gasteiger partial charge >= 0.3 is 5.97 Å². The fourth-order valence-corrected chi connectivity index (χ4v) is 4.35. The Labute approximate surface area is 239 Å². The summed E-state index contributed by atoms with van der Waals surface area (Å²) in [6, 6.07) is 21.8. The van der Waals surface area contributed by atoms with Gasteiger partial charge < -0.3 is 25.5 Å². The summed E-state index contributed by atoms with van der Waals surface area (Å²) in [5.74, 6) is -1.72. The quantitative estimate of drug-likeness (QED) is 0.166. The van der Waals surface area contributed by atoms with E-state index >= 15 is 0 Å². The number of anilines is 3. The molecule has 2 amide bonds. The average Bonchev–Trinajstić information content (AvgIpc) is 3.36. The van der Waals surface area contributed by atoms with Gasteiger partial charge in [0.25, 0.3) is 11.9 Å². The SMILES string of the molecule is O=C(O)CC(NC(=O)c1ccncc1)c1ccc(NC(=O)Cc2ccc3nc(Nc4ccccc4Cl)oc3c2)cc1. The van der Waals surface area contributed by atoms with Crippen LogP contribution in [0.2, 0.25) is 5.02 Å². The Morgan fingerprint density at radius 1 is 0.951 bits per heavy atom. The van der Waals surface area contributed by atoms with Crippen molar-refractivity contribution in [3.8, 4) is 0 Å². The Balaban J connectivity index is 1.22. The lowest BCUT2D eigenvalue weighted by Crippen LogP contribution is -2.30. The summed E-state index contributed by atoms with van der Waals surface area (Å²) in [5.41, 5.74) is 4.03. The molecule has 0 bridgehead atoms. The number of rotatable bonds is 10. The molecule has 0 fully saturated rings. The average molecular weight is 570 g/mol. The molecule has 0 aliphatic heterocycles. The molecule has 206 valence electrons. The van der Waals surface area contributed by atoms with Gasteiger partial charge in [0.1, 0.15) is 5.52 Å². The number of amides is 2. The molecule has 5 aromatic rings. The van der Waals surface area contributed by atoms with Crippen LogP contribution in [-0.4, -0.2) is 32.9 Å². The van der Waals surface area contributed by atoms with E-state index in [9.17, 15) is 19.5 Å². The number of para-hydroxylation sites is 1. The lowest BCUT2D eigenvalue weighted by atomic mass is 10.0. The number of carboxylic acids is 1. The van der Waals surface area contributed by atoms with Gasteiger partial charge in [-0.3, -0.25) is 19.4 Å². The summed E-state index contributed by atoms with van der Waals surface area (Å²) in [6.07, 6.45) is 2.76. The van der Waals surface area contributed by atoms with Crippen molar-refractivity contribution in [1.29, 1.82) is 0 Å². The van der Waals surface area contributed by atoms with Crippen LogP contribution < -0.4 is 16.0 Å². The number of carboxylic acid groups (broad SMARTS) is 1. The maximum atomic E-state index is 12.7. The maximum absolute atomic E-state index is 12.7. The molecule has 0 radical (unpaired) electrons. The molecule has 2 aromatic heterocycles. The number of aromatic nitrogens is 2. The third kappa shape index (κ3) is 7.06. The van der Waals surface area contributed by atoms with E-state index in [1.165, 1.54) is 12.4 Å². The number of pyridine rings is 1. The van der Waals surface area contributed by atoms with E-state index in [0.29, 0.717) is 38.6 Å². The molecule has 0 spiro atoms. The van der Waals surface area contributed by atoms with Crippen molar-refractivity contribution in [3.63, 3.8) is 0 Å². The van der Waals surface area contributed by atoms with E-state index in [1.807, 2.05) is 18.2 Å². The second-order valence-corrected chi connectivity index (χ2v) is 9.54. The molecule has 11 heteroatoms. The predicted octanol–water partition coefficient (Wildman–Crippen LogP) is 5.75. The van der Waals surface area contributed by atoms with Crippen LogP contribution in [0.1, 0.15) is 33.9 Å². The van der Waals surface area contributed by atoms with Crippen molar-refractivity contribution in [1.82, 2.24) is 15.3 Å². The normalized spacial score (nSPS) is 11.5. The van der Waals surface area contributed by atoms with Crippen LogP contribution in [0.5, 0.6) is 0 Å². The van der Waals surface area contributed by atoms with Gasteiger partial charge in [-0.05, 0) is 59.7 Å². The first-order valence-corrected chi connectivity index (χ1v) is 13.0. The Morgan fingerprint density at radius 2 is 1.71 bits per heavy atom. The van der Waals surface area contributed by atoms with Gasteiger partial charge in [-0.2, -0.15) is 4.98 Å². The minimum absolute atomic E-state index is 0.0926. The van der Waals surface area contributed by atoms with E-state index in [0.717, 1.165) is 5.56 Å². The highest BCUT2D eigenvalue weighted by Crippen LogP contribution is 2.27. The number of carbonyl (C=O) groups is 3. The van der Waals surface area contributed by atoms with E-state index < -0.39 is 17.9 Å². The minimum atomic E-state index is -1.06. The smallest absolute Gasteiger partial charge is 0.305 e. The van der Waals surface area contributed by atoms with Gasteiger partial charge in [0.2, 0.25) is 5.91 Å². The third-order valence-corrected chi connectivity index (χ3v) is 6.49. The highest BCUT2D eigenvalue weighted by Gasteiger charge is 2.19. The van der Waals surface area contributed by atoms with Crippen molar-refractivity contribution in [2.24, 2.45) is 0 Å². The van der Waals surface area contributed by atoms with Gasteiger partial charge in [-0.1, -0.05) is 41.9 Å². The summed E-state index contributed by atoms with van der Waals surface area (Å²) in [4.78, 5) is 45.0. The zero-order valence-electron chi connectivity index (χ0n) is 21.5. The lowest BCUT2D eigenvalue weighted by molar-refractivity contribution is -0.137. The number of hydrogen-bond acceptors (Lipinski definition) is 7. The zero-order chi connectivity index (χ0) is 28.8. The molecule has 1 unspecified atom stereocenters. The van der Waals surface area contributed by atoms with E-state index in [-0.39, 0.29) is 24.8 Å². The zero-order valence-corrected chi connectivity index (χ0v) is 22.3. The second-order valence-electron chi connectivity index (χ2n) is 9.13. The summed E-state index contributed by atoms with van der Waals surface area (Å²) in [7, 11) is 0. The van der Waals surface area contributed by atoms with E-state index in [4.69, 9.17) is 16.0 Å². The summed E-state index contributed by atoms with van der Waals surface area (Å²) in [5, 5.41) is 18.5. The highest BCUT2D eigenvalue weighted by atomic mass is 35.5. The number of benzene rings is 3. The van der Waals surface area contributed by atoms with Crippen LogP contribution in [0.4, 0.5) is 17.4 Å². The number of fused-ring (bicyclic) bond motifs is 1. The molecule has 1 atom stereocenters. The third-order valence-electron chi connectivity index (χ3n) is 6.16. The number of nitrogens with zero attached hydrogens (tertiary/aromatic N) is 2. The first-order chi connectivity index (χ1) is 19.8. The molecule has 0 saturated heterocycles. The molecule has 3 aromatic carbocycles. The molecular formula is C30H24ClN5O5. The van der Waals surface area contributed by atoms with Crippen molar-refractivity contribution in [3.05, 3.63) is 113 Å². The van der Waals surface area contributed by atoms with Crippen LogP contribution in [0.3, 0.4) is 0 Å². The summed E-state index contributed by atoms with van der Waals surface area (Å²) in [6.45, 7) is 0. The number of aliphatic carboxylic acids is 1. The van der Waals surface area contributed by atoms with Crippen LogP contribution in [-0.2, 0) is 16.0 Å². The van der Waals surface area contributed by atoms with Crippen molar-refractivity contribution in [2.75, 3.05) is 10.6 Å². The molecular weight excluding hydrogens is 546 g/mol. The first-order valence-electron chi connectivity index (χ1n) is 12.6. The summed E-state index contributed by atoms with van der Waals surface area (Å²) < 4.78 is 5.80. The van der Waals surface area contributed by atoms with E-state index in [1.54, 1.807) is 60.7 Å². The number of carbonyl (C=O) groups excluding carboxylic acids is 2. The lowest BCUT2D eigenvalue weighted by Gasteiger charge is -2.18. The standard InChI is InChI=1S/C30H24ClN5O5/c31-22-3-1-2-4-23(22)35-30-36-24-10-5-18(15-26(24)41-30)16-27(37)33-21-8-6-19(7-9-21)25(17-28(38)39)34-29(40)20-11-13-32-14-12-20/h1-15,25H,16-17H2,(H,33,37)(H,34,40)(H,35,36)(H,38,39). The molecule has 5 rings (SSSR count). The molecule has 41 heavy (non-hydrogen) atoms. The van der Waals surface area contributed by atoms with Gasteiger partial charge in [0.15, 0.2) is 5.58 Å². The topological polar surface area (TPSA) is 146 Å². The molecule has 0 aliphatic carbocycles. The van der Waals surface area contributed by atoms with Gasteiger partial charge in [0.05, 0.1) is 29.6 Å². The monoisotopic (exact) mass is 569 g/mol. The molecule has 10 nitrogen and oxygen atoms in total. The van der Waals surface area contributed by atoms with Crippen LogP contribution in [0, 0.1) is 0 Å². The van der Waals surface area contributed by atoms with Crippen molar-refractivity contribution < 1.29 is 23.9 Å². The molecule has 4 N–H and O–H groups in total. The maximum Gasteiger partial charge on any atom is 0.305 e. The number of nitrogens with one attached hydrogen (secondary N) is 3. The van der Waals surface area contributed by atoms with Crippen molar-refractivity contribution >= 4 is 57.9 Å². The first kappa shape index (κ1) is 27.4. The molecule has 2 heterocycles. The van der Waals surface area contributed by atoms with Crippen molar-refractivity contribution in [2.45, 2.75) is 18.9 Å². The Morgan fingerprint density at radius 3 is 2.44 bits per heavy atom. The van der Waals surface area contributed by atoms with Crippen LogP contribution in [0.15, 0.2) is 95.7 Å². The molecule has 0 saturated carbocycles. The Bertz CT molecular complexity index is 1710. The van der Waals surface area contributed by atoms with Crippen LogP contribution >= 0.6 is 11.6 Å². The second kappa shape index (κ2) is 12.3. The van der Waals surface area contributed by atoms with Gasteiger partial charge in [0, 0.05) is 23.6 Å². The van der Waals surface area contributed by atoms with E-state index in [2.05, 4.69) is 25.9 Å². The minimum Gasteiger partial charge on any atom is -0.481 e. The Kier molecular flexibility index (Phi) is 8.21. The van der Waals surface area contributed by atoms with Gasteiger partial charge in [-0.15, -0.1) is 0 Å². The largest absolute Gasteiger partial charge is 0.481 e. The highest BCUT2D eigenvalue weighted by molar-refractivity contribution is 6.33. The number of halogens is 1. The summed E-state index contributed by atoms with van der Waals surface area (Å²) >= 11 is 6.19. The fourth-order valence-electron chi connectivity index (χ4n) is 4.17. The van der Waals surface area contributed by atoms with Gasteiger partial charge in [-0.25, -0.2) is 0 Å². The molecule has 0 aliphatic rings. The number of oxazole rings is 1. The van der Waals surface area contributed by atoms with Crippen LogP contribution in [0.25, 0.3) is 11.1 Å². The number of hydrogen-bond donors (Lipinski definition) is 4. The predicted molar refractivity (Wildman–Crippen MR) is 154 cm³/mol. The fraction of sp³-hybridized carbons (Fsp3) is 0.100.